The van der Waals surface area contributed by atoms with Gasteiger partial charge in [-0.15, -0.1) is 0 Å². The number of ether oxygens (including phenoxy) is 2. The fourth-order valence-electron chi connectivity index (χ4n) is 5.53. The van der Waals surface area contributed by atoms with E-state index in [-0.39, 0.29) is 18.6 Å². The van der Waals surface area contributed by atoms with Crippen molar-refractivity contribution in [2.45, 2.75) is 44.5 Å². The molecule has 3 unspecified atom stereocenters. The van der Waals surface area contributed by atoms with Gasteiger partial charge in [-0.05, 0) is 40.3 Å². The van der Waals surface area contributed by atoms with Crippen molar-refractivity contribution in [3.05, 3.63) is 83.4 Å². The van der Waals surface area contributed by atoms with Crippen molar-refractivity contribution in [2.24, 2.45) is 0 Å². The number of carbonyl (C=O) groups excluding carboxylic acids is 1. The number of hydrogen-bond acceptors (Lipinski definition) is 5. The minimum atomic E-state index is -2.11. The van der Waals surface area contributed by atoms with Crippen LogP contribution in [0.1, 0.15) is 42.1 Å². The van der Waals surface area contributed by atoms with Crippen molar-refractivity contribution >= 4 is 27.9 Å². The molecule has 0 aromatic heterocycles. The van der Waals surface area contributed by atoms with Crippen LogP contribution < -0.4 is 5.32 Å². The van der Waals surface area contributed by atoms with Crippen molar-refractivity contribution in [3.63, 3.8) is 0 Å². The van der Waals surface area contributed by atoms with Gasteiger partial charge in [-0.3, -0.25) is 14.2 Å². The first-order chi connectivity index (χ1) is 19.1. The minimum Gasteiger partial charge on any atom is -0.379 e. The molecule has 3 aromatic rings. The van der Waals surface area contributed by atoms with Crippen molar-refractivity contribution in [1.82, 2.24) is 14.5 Å². The monoisotopic (exact) mass is 551 g/mol. The number of carbonyl (C=O) groups is 1. The Morgan fingerprint density at radius 1 is 1.00 bits per heavy atom. The molecule has 2 aliphatic rings. The van der Waals surface area contributed by atoms with Crippen molar-refractivity contribution in [3.8, 4) is 0 Å². The second kappa shape index (κ2) is 13.6. The molecular weight excluding hydrogens is 514 g/mol. The van der Waals surface area contributed by atoms with Gasteiger partial charge in [0.2, 0.25) is 17.2 Å². The molecule has 0 spiro atoms. The molecule has 208 valence electrons. The standard InChI is InChI=1S/C30H37N3O5S/c34-29(31-20-23-11-13-24(14-12-23)21-32-16-18-37-19-17-32)22-38-30(28-10-3-4-15-33(28)39(35)36)27-9-5-7-25-6-1-2-8-26(25)27/h1-2,5-9,11-14,28,30H,3-4,10,15-22H2,(H,31,34)(H,35,36). The maximum absolute atomic E-state index is 12.9. The smallest absolute Gasteiger partial charge is 0.246 e. The Balaban J connectivity index is 1.23. The second-order valence-corrected chi connectivity index (χ2v) is 11.1. The lowest BCUT2D eigenvalue weighted by atomic mass is 9.91. The van der Waals surface area contributed by atoms with Gasteiger partial charge in [-0.2, -0.15) is 4.31 Å². The highest BCUT2D eigenvalue weighted by atomic mass is 32.2. The molecule has 0 bridgehead atoms. The quantitative estimate of drug-likeness (QED) is 0.370. The summed E-state index contributed by atoms with van der Waals surface area (Å²) in [5.41, 5.74) is 3.19. The number of fused-ring (bicyclic) bond motifs is 1. The van der Waals surface area contributed by atoms with Crippen molar-refractivity contribution in [2.75, 3.05) is 39.5 Å². The van der Waals surface area contributed by atoms with Gasteiger partial charge >= 0.3 is 0 Å². The lowest BCUT2D eigenvalue weighted by molar-refractivity contribution is -0.129. The maximum atomic E-state index is 12.9. The zero-order valence-corrected chi connectivity index (χ0v) is 23.0. The van der Waals surface area contributed by atoms with Crippen LogP contribution in [-0.4, -0.2) is 69.4 Å². The molecule has 39 heavy (non-hydrogen) atoms. The number of piperidine rings is 1. The highest BCUT2D eigenvalue weighted by molar-refractivity contribution is 7.76. The van der Waals surface area contributed by atoms with Crippen molar-refractivity contribution < 1.29 is 23.0 Å². The fourth-order valence-corrected chi connectivity index (χ4v) is 6.26. The van der Waals surface area contributed by atoms with Crippen LogP contribution in [0, 0.1) is 0 Å². The normalized spacial score (nSPS) is 20.5. The van der Waals surface area contributed by atoms with E-state index in [0.29, 0.717) is 13.1 Å². The van der Waals surface area contributed by atoms with E-state index in [9.17, 15) is 13.6 Å². The van der Waals surface area contributed by atoms with Gasteiger partial charge in [0.05, 0.1) is 19.3 Å². The first-order valence-corrected chi connectivity index (χ1v) is 14.8. The average Bonchev–Trinajstić information content (AvgIpc) is 2.97. The average molecular weight is 552 g/mol. The minimum absolute atomic E-state index is 0.134. The zero-order valence-electron chi connectivity index (χ0n) is 22.2. The molecule has 2 fully saturated rings. The van der Waals surface area contributed by atoms with Crippen LogP contribution in [0.2, 0.25) is 0 Å². The fraction of sp³-hybridized carbons (Fsp3) is 0.433. The molecule has 1 amide bonds. The number of hydrogen-bond donors (Lipinski definition) is 2. The van der Waals surface area contributed by atoms with Crippen LogP contribution in [0.5, 0.6) is 0 Å². The molecule has 2 N–H and O–H groups in total. The Morgan fingerprint density at radius 3 is 2.54 bits per heavy atom. The molecule has 2 heterocycles. The number of nitrogens with one attached hydrogen (secondary N) is 1. The topological polar surface area (TPSA) is 91.3 Å². The number of benzene rings is 3. The highest BCUT2D eigenvalue weighted by Gasteiger charge is 2.35. The molecule has 3 aromatic carbocycles. The van der Waals surface area contributed by atoms with E-state index >= 15 is 0 Å². The number of rotatable bonds is 10. The molecule has 5 rings (SSSR count). The summed E-state index contributed by atoms with van der Waals surface area (Å²) in [7, 11) is 0. The highest BCUT2D eigenvalue weighted by Crippen LogP contribution is 2.35. The second-order valence-electron chi connectivity index (χ2n) is 10.2. The van der Waals surface area contributed by atoms with Crippen LogP contribution in [0.15, 0.2) is 66.7 Å². The first kappa shape index (κ1) is 27.9. The number of amides is 1. The Bertz CT molecular complexity index is 1260. The molecule has 9 heteroatoms. The molecule has 0 saturated carbocycles. The Labute approximate surface area is 232 Å². The number of nitrogens with zero attached hydrogens (tertiary/aromatic N) is 2. The summed E-state index contributed by atoms with van der Waals surface area (Å²) in [6.07, 6.45) is 2.00. The third-order valence-corrected chi connectivity index (χ3v) is 8.45. The summed E-state index contributed by atoms with van der Waals surface area (Å²) in [6.45, 7) is 5.16. The van der Waals surface area contributed by atoms with E-state index in [1.807, 2.05) is 54.6 Å². The lowest BCUT2D eigenvalue weighted by Crippen LogP contribution is -2.45. The van der Waals surface area contributed by atoms with E-state index in [2.05, 4.69) is 22.3 Å². The Hall–Kier alpha value is -2.66. The predicted molar refractivity (Wildman–Crippen MR) is 152 cm³/mol. The molecule has 0 aliphatic carbocycles. The predicted octanol–water partition coefficient (Wildman–Crippen LogP) is 4.04. The third-order valence-electron chi connectivity index (χ3n) is 7.59. The summed E-state index contributed by atoms with van der Waals surface area (Å²) >= 11 is -2.11. The number of morpholine rings is 1. The van der Waals surface area contributed by atoms with Crippen LogP contribution in [0.3, 0.4) is 0 Å². The van der Waals surface area contributed by atoms with E-state index in [4.69, 9.17) is 9.47 Å². The van der Waals surface area contributed by atoms with E-state index in [1.165, 1.54) is 5.56 Å². The Kier molecular flexibility index (Phi) is 9.73. The molecule has 2 aliphatic heterocycles. The summed E-state index contributed by atoms with van der Waals surface area (Å²) < 4.78 is 35.5. The van der Waals surface area contributed by atoms with Gasteiger partial charge in [0.15, 0.2) is 0 Å². The summed E-state index contributed by atoms with van der Waals surface area (Å²) in [4.78, 5) is 15.2. The van der Waals surface area contributed by atoms with Crippen LogP contribution in [-0.2, 0) is 38.6 Å². The first-order valence-electron chi connectivity index (χ1n) is 13.7. The van der Waals surface area contributed by atoms with Gasteiger partial charge in [0.25, 0.3) is 0 Å². The van der Waals surface area contributed by atoms with E-state index < -0.39 is 17.4 Å². The van der Waals surface area contributed by atoms with Gasteiger partial charge in [0.1, 0.15) is 12.7 Å². The van der Waals surface area contributed by atoms with E-state index in [1.54, 1.807) is 4.31 Å². The third kappa shape index (κ3) is 7.30. The molecular formula is C30H37N3O5S. The van der Waals surface area contributed by atoms with Crippen LogP contribution in [0.4, 0.5) is 0 Å². The van der Waals surface area contributed by atoms with Crippen LogP contribution in [0.25, 0.3) is 10.8 Å². The molecule has 2 saturated heterocycles. The molecule has 3 atom stereocenters. The van der Waals surface area contributed by atoms with Gasteiger partial charge in [-0.25, -0.2) is 4.21 Å². The van der Waals surface area contributed by atoms with Gasteiger partial charge < -0.3 is 14.8 Å². The summed E-state index contributed by atoms with van der Waals surface area (Å²) in [5, 5.41) is 5.06. The van der Waals surface area contributed by atoms with Crippen LogP contribution >= 0.6 is 0 Å². The molecule has 0 radical (unpaired) electrons. The SMILES string of the molecule is O=C(COC(c1cccc2ccccc12)C1CCCCN1S(=O)O)NCc1ccc(CN2CCOCC2)cc1. The van der Waals surface area contributed by atoms with Gasteiger partial charge in [-0.1, -0.05) is 73.2 Å². The zero-order chi connectivity index (χ0) is 27.0. The van der Waals surface area contributed by atoms with Gasteiger partial charge in [0, 0.05) is 32.7 Å². The summed E-state index contributed by atoms with van der Waals surface area (Å²) in [5.74, 6) is -0.217. The van der Waals surface area contributed by atoms with E-state index in [0.717, 1.165) is 74.0 Å². The van der Waals surface area contributed by atoms with Crippen molar-refractivity contribution in [1.29, 1.82) is 0 Å². The lowest BCUT2D eigenvalue weighted by Gasteiger charge is -2.38. The molecule has 8 nitrogen and oxygen atoms in total. The largest absolute Gasteiger partial charge is 0.379 e. The summed E-state index contributed by atoms with van der Waals surface area (Å²) in [6, 6.07) is 22.1. The maximum Gasteiger partial charge on any atom is 0.246 e. The Morgan fingerprint density at radius 2 is 1.74 bits per heavy atom.